The van der Waals surface area contributed by atoms with Crippen LogP contribution in [0.5, 0.6) is 0 Å². The van der Waals surface area contributed by atoms with Gasteiger partial charge in [-0.15, -0.1) is 0 Å². The molecule has 0 saturated carbocycles. The van der Waals surface area contributed by atoms with Crippen LogP contribution in [0.4, 0.5) is 4.39 Å². The van der Waals surface area contributed by atoms with Crippen LogP contribution in [0, 0.1) is 5.92 Å². The van der Waals surface area contributed by atoms with E-state index in [4.69, 9.17) is 9.47 Å². The summed E-state index contributed by atoms with van der Waals surface area (Å²) in [6.07, 6.45) is 4.68. The molecule has 0 bridgehead atoms. The van der Waals surface area contributed by atoms with Gasteiger partial charge in [0.15, 0.2) is 6.29 Å². The number of alkyl halides is 1. The average molecular weight is 266 g/mol. The van der Waals surface area contributed by atoms with Crippen molar-refractivity contribution in [1.82, 2.24) is 0 Å². The molecule has 1 aromatic carbocycles. The molecule has 0 aromatic heterocycles. The zero-order valence-corrected chi connectivity index (χ0v) is 11.6. The van der Waals surface area contributed by atoms with Gasteiger partial charge in [0.1, 0.15) is 6.67 Å². The van der Waals surface area contributed by atoms with E-state index in [-0.39, 0.29) is 6.29 Å². The first-order chi connectivity index (χ1) is 9.33. The van der Waals surface area contributed by atoms with Crippen LogP contribution in [0.15, 0.2) is 24.3 Å². The molecule has 0 unspecified atom stereocenters. The second kappa shape index (κ2) is 7.61. The zero-order valence-electron chi connectivity index (χ0n) is 11.6. The summed E-state index contributed by atoms with van der Waals surface area (Å²) in [5.74, 6) is 0.521. The van der Waals surface area contributed by atoms with Crippen molar-refractivity contribution in [3.63, 3.8) is 0 Å². The maximum absolute atomic E-state index is 12.4. The molecule has 1 saturated heterocycles. The van der Waals surface area contributed by atoms with Crippen molar-refractivity contribution in [1.29, 1.82) is 0 Å². The van der Waals surface area contributed by atoms with Gasteiger partial charge in [-0.25, -0.2) is 4.39 Å². The van der Waals surface area contributed by atoms with Crippen molar-refractivity contribution in [3.05, 3.63) is 35.4 Å². The molecule has 0 spiro atoms. The summed E-state index contributed by atoms with van der Waals surface area (Å²) in [4.78, 5) is 0. The standard InChI is InChI=1S/C16H23FO2/c1-2-3-4-5-14-11-18-16(19-12-14)15-8-6-13(10-17)7-9-15/h6-9,14,16H,2-5,10-12H2,1H3. The van der Waals surface area contributed by atoms with E-state index in [1.54, 1.807) is 12.1 Å². The van der Waals surface area contributed by atoms with Crippen LogP contribution in [0.25, 0.3) is 0 Å². The highest BCUT2D eigenvalue weighted by Crippen LogP contribution is 2.27. The van der Waals surface area contributed by atoms with Crippen molar-refractivity contribution >= 4 is 0 Å². The molecule has 1 aromatic rings. The number of rotatable bonds is 6. The summed E-state index contributed by atoms with van der Waals surface area (Å²) >= 11 is 0. The number of hydrogen-bond donors (Lipinski definition) is 0. The molecular formula is C16H23FO2. The molecule has 2 rings (SSSR count). The van der Waals surface area contributed by atoms with Crippen LogP contribution in [-0.4, -0.2) is 13.2 Å². The predicted molar refractivity (Wildman–Crippen MR) is 73.5 cm³/mol. The lowest BCUT2D eigenvalue weighted by molar-refractivity contribution is -0.206. The topological polar surface area (TPSA) is 18.5 Å². The molecular weight excluding hydrogens is 243 g/mol. The van der Waals surface area contributed by atoms with Gasteiger partial charge in [0.25, 0.3) is 0 Å². The molecule has 0 aliphatic carbocycles. The quantitative estimate of drug-likeness (QED) is 0.711. The van der Waals surface area contributed by atoms with Gasteiger partial charge in [0.2, 0.25) is 0 Å². The van der Waals surface area contributed by atoms with E-state index in [0.717, 1.165) is 18.8 Å². The van der Waals surface area contributed by atoms with E-state index in [1.807, 2.05) is 12.1 Å². The first-order valence-corrected chi connectivity index (χ1v) is 7.21. The third-order valence-electron chi connectivity index (χ3n) is 3.59. The maximum atomic E-state index is 12.4. The second-order valence-corrected chi connectivity index (χ2v) is 5.24. The van der Waals surface area contributed by atoms with Crippen molar-refractivity contribution < 1.29 is 13.9 Å². The van der Waals surface area contributed by atoms with Crippen molar-refractivity contribution in [2.45, 2.75) is 45.6 Å². The molecule has 0 radical (unpaired) electrons. The summed E-state index contributed by atoms with van der Waals surface area (Å²) in [6, 6.07) is 7.35. The van der Waals surface area contributed by atoms with E-state index >= 15 is 0 Å². The minimum Gasteiger partial charge on any atom is -0.348 e. The Labute approximate surface area is 114 Å². The van der Waals surface area contributed by atoms with Gasteiger partial charge in [-0.1, -0.05) is 50.5 Å². The molecule has 1 aliphatic heterocycles. The fourth-order valence-electron chi connectivity index (χ4n) is 2.35. The predicted octanol–water partition coefficient (Wildman–Crippen LogP) is 4.40. The first-order valence-electron chi connectivity index (χ1n) is 7.21. The Balaban J connectivity index is 1.78. The summed E-state index contributed by atoms with van der Waals surface area (Å²) in [6.45, 7) is 3.32. The van der Waals surface area contributed by atoms with Crippen LogP contribution in [0.1, 0.15) is 50.0 Å². The minimum atomic E-state index is -0.424. The Hall–Kier alpha value is -0.930. The monoisotopic (exact) mass is 266 g/mol. The Morgan fingerprint density at radius 1 is 1.11 bits per heavy atom. The van der Waals surface area contributed by atoms with Crippen LogP contribution < -0.4 is 0 Å². The van der Waals surface area contributed by atoms with Gasteiger partial charge in [0, 0.05) is 11.5 Å². The summed E-state index contributed by atoms with van der Waals surface area (Å²) in [5, 5.41) is 0. The lowest BCUT2D eigenvalue weighted by Crippen LogP contribution is -2.27. The Bertz CT molecular complexity index is 356. The largest absolute Gasteiger partial charge is 0.348 e. The highest BCUT2D eigenvalue weighted by Gasteiger charge is 2.23. The minimum absolute atomic E-state index is 0.281. The summed E-state index contributed by atoms with van der Waals surface area (Å²) in [7, 11) is 0. The van der Waals surface area contributed by atoms with E-state index in [0.29, 0.717) is 11.5 Å². The number of halogens is 1. The molecule has 1 heterocycles. The number of unbranched alkanes of at least 4 members (excludes halogenated alkanes) is 2. The van der Waals surface area contributed by atoms with Gasteiger partial charge >= 0.3 is 0 Å². The fourth-order valence-corrected chi connectivity index (χ4v) is 2.35. The van der Waals surface area contributed by atoms with E-state index < -0.39 is 6.67 Å². The van der Waals surface area contributed by atoms with Gasteiger partial charge < -0.3 is 9.47 Å². The third-order valence-corrected chi connectivity index (χ3v) is 3.59. The fraction of sp³-hybridized carbons (Fsp3) is 0.625. The van der Waals surface area contributed by atoms with E-state index in [9.17, 15) is 4.39 Å². The smallest absolute Gasteiger partial charge is 0.183 e. The van der Waals surface area contributed by atoms with Crippen molar-refractivity contribution in [3.8, 4) is 0 Å². The molecule has 1 aliphatic rings. The number of ether oxygens (including phenoxy) is 2. The summed E-state index contributed by atoms with van der Waals surface area (Å²) < 4.78 is 24.0. The molecule has 3 heteroatoms. The molecule has 2 nitrogen and oxygen atoms in total. The van der Waals surface area contributed by atoms with Crippen LogP contribution in [0.2, 0.25) is 0 Å². The molecule has 0 atom stereocenters. The van der Waals surface area contributed by atoms with Crippen molar-refractivity contribution in [2.75, 3.05) is 13.2 Å². The van der Waals surface area contributed by atoms with E-state index in [2.05, 4.69) is 6.92 Å². The van der Waals surface area contributed by atoms with Gasteiger partial charge in [-0.3, -0.25) is 0 Å². The SMILES string of the molecule is CCCCCC1COC(c2ccc(CF)cc2)OC1. The molecule has 19 heavy (non-hydrogen) atoms. The van der Waals surface area contributed by atoms with E-state index in [1.165, 1.54) is 25.7 Å². The van der Waals surface area contributed by atoms with Gasteiger partial charge in [0.05, 0.1) is 13.2 Å². The lowest BCUT2D eigenvalue weighted by atomic mass is 10.0. The summed E-state index contributed by atoms with van der Waals surface area (Å²) in [5.41, 5.74) is 1.67. The molecule has 106 valence electrons. The van der Waals surface area contributed by atoms with Gasteiger partial charge in [-0.05, 0) is 12.0 Å². The average Bonchev–Trinajstić information content (AvgIpc) is 2.48. The third kappa shape index (κ3) is 4.29. The number of benzene rings is 1. The second-order valence-electron chi connectivity index (χ2n) is 5.24. The molecule has 0 amide bonds. The van der Waals surface area contributed by atoms with Crippen molar-refractivity contribution in [2.24, 2.45) is 5.92 Å². The Morgan fingerprint density at radius 2 is 1.79 bits per heavy atom. The Morgan fingerprint density at radius 3 is 2.37 bits per heavy atom. The molecule has 0 N–H and O–H groups in total. The van der Waals surface area contributed by atoms with Crippen LogP contribution >= 0.6 is 0 Å². The lowest BCUT2D eigenvalue weighted by Gasteiger charge is -2.29. The van der Waals surface area contributed by atoms with Crippen LogP contribution in [-0.2, 0) is 16.1 Å². The Kier molecular flexibility index (Phi) is 5.80. The highest BCUT2D eigenvalue weighted by molar-refractivity contribution is 5.23. The highest BCUT2D eigenvalue weighted by atomic mass is 19.1. The van der Waals surface area contributed by atoms with Gasteiger partial charge in [-0.2, -0.15) is 0 Å². The zero-order chi connectivity index (χ0) is 13.5. The maximum Gasteiger partial charge on any atom is 0.183 e. The normalized spacial score (nSPS) is 23.5. The van der Waals surface area contributed by atoms with Crippen LogP contribution in [0.3, 0.4) is 0 Å². The number of hydrogen-bond acceptors (Lipinski definition) is 2. The first kappa shape index (κ1) is 14.5. The molecule has 1 fully saturated rings.